The molecule has 1 saturated heterocycles. The highest BCUT2D eigenvalue weighted by Crippen LogP contribution is 2.30. The van der Waals surface area contributed by atoms with Crippen LogP contribution in [0.2, 0.25) is 0 Å². The van der Waals surface area contributed by atoms with E-state index in [4.69, 9.17) is 10.5 Å². The quantitative estimate of drug-likeness (QED) is 0.574. The highest BCUT2D eigenvalue weighted by Gasteiger charge is 2.50. The minimum atomic E-state index is -1.19. The zero-order valence-corrected chi connectivity index (χ0v) is 19.0. The van der Waals surface area contributed by atoms with E-state index in [1.807, 2.05) is 66.9 Å². The standard InChI is InChI=1S/C24H29N3O4S/c1-32-15-12-20(21(25)28)27-14-13-24(22(27)29,16-18-8-4-2-5-9-18)26-23(30)31-17-19-10-6-3-7-11-19/h2-11,20H,12-17H2,1H3,(H2,25,28)(H,26,30)/t20-,24+/m0/s1. The number of nitrogens with zero attached hydrogens (tertiary/aromatic N) is 1. The minimum absolute atomic E-state index is 0.101. The third kappa shape index (κ3) is 5.82. The van der Waals surface area contributed by atoms with Gasteiger partial charge in [0.2, 0.25) is 11.8 Å². The van der Waals surface area contributed by atoms with Gasteiger partial charge < -0.3 is 20.7 Å². The van der Waals surface area contributed by atoms with Gasteiger partial charge in [0.05, 0.1) is 0 Å². The lowest BCUT2D eigenvalue weighted by atomic mass is 9.89. The maximum atomic E-state index is 13.6. The SMILES string of the molecule is CSCC[C@@H](C(N)=O)N1CC[C@](Cc2ccccc2)(NC(=O)OCc2ccccc2)C1=O. The topological polar surface area (TPSA) is 102 Å². The number of rotatable bonds is 10. The summed E-state index contributed by atoms with van der Waals surface area (Å²) < 4.78 is 5.39. The first-order valence-corrected chi connectivity index (χ1v) is 12.0. The third-order valence-corrected chi connectivity index (χ3v) is 6.30. The lowest BCUT2D eigenvalue weighted by Gasteiger charge is -2.31. The predicted molar refractivity (Wildman–Crippen MR) is 125 cm³/mol. The molecule has 1 fully saturated rings. The summed E-state index contributed by atoms with van der Waals surface area (Å²) in [7, 11) is 0. The van der Waals surface area contributed by atoms with Gasteiger partial charge >= 0.3 is 6.09 Å². The van der Waals surface area contributed by atoms with Crippen molar-refractivity contribution in [1.82, 2.24) is 10.2 Å². The van der Waals surface area contributed by atoms with E-state index in [-0.39, 0.29) is 12.5 Å². The van der Waals surface area contributed by atoms with E-state index >= 15 is 0 Å². The molecule has 170 valence electrons. The molecule has 3 N–H and O–H groups in total. The van der Waals surface area contributed by atoms with Crippen LogP contribution in [0.15, 0.2) is 60.7 Å². The van der Waals surface area contributed by atoms with Gasteiger partial charge in [0, 0.05) is 13.0 Å². The Morgan fingerprint density at radius 1 is 1.12 bits per heavy atom. The van der Waals surface area contributed by atoms with Gasteiger partial charge in [0.25, 0.3) is 0 Å². The highest BCUT2D eigenvalue weighted by atomic mass is 32.2. The lowest BCUT2D eigenvalue weighted by molar-refractivity contribution is -0.139. The third-order valence-electron chi connectivity index (χ3n) is 5.65. The predicted octanol–water partition coefficient (Wildman–Crippen LogP) is 2.73. The smallest absolute Gasteiger partial charge is 0.408 e. The molecular weight excluding hydrogens is 426 g/mol. The molecule has 0 spiro atoms. The van der Waals surface area contributed by atoms with Crippen molar-refractivity contribution in [2.45, 2.75) is 37.5 Å². The molecule has 0 aliphatic carbocycles. The molecule has 0 bridgehead atoms. The molecule has 32 heavy (non-hydrogen) atoms. The molecule has 0 aromatic heterocycles. The number of hydrogen-bond acceptors (Lipinski definition) is 5. The Hall–Kier alpha value is -3.00. The summed E-state index contributed by atoms with van der Waals surface area (Å²) in [5.74, 6) is -0.132. The molecule has 1 heterocycles. The highest BCUT2D eigenvalue weighted by molar-refractivity contribution is 7.98. The zero-order chi connectivity index (χ0) is 23.0. The molecule has 2 aromatic rings. The van der Waals surface area contributed by atoms with Crippen molar-refractivity contribution in [3.8, 4) is 0 Å². The maximum absolute atomic E-state index is 13.6. The molecule has 2 aromatic carbocycles. The number of primary amides is 1. The van der Waals surface area contributed by atoms with E-state index in [0.29, 0.717) is 31.6 Å². The van der Waals surface area contributed by atoms with Crippen LogP contribution in [0.4, 0.5) is 4.79 Å². The average molecular weight is 456 g/mol. The summed E-state index contributed by atoms with van der Waals surface area (Å²) in [6.07, 6.45) is 2.41. The fraction of sp³-hybridized carbons (Fsp3) is 0.375. The zero-order valence-electron chi connectivity index (χ0n) is 18.2. The molecule has 0 unspecified atom stereocenters. The number of nitrogens with one attached hydrogen (secondary N) is 1. The normalized spacial score (nSPS) is 18.9. The molecule has 8 heteroatoms. The van der Waals surface area contributed by atoms with Gasteiger partial charge in [0.15, 0.2) is 0 Å². The van der Waals surface area contributed by atoms with Crippen LogP contribution < -0.4 is 11.1 Å². The molecule has 7 nitrogen and oxygen atoms in total. The van der Waals surface area contributed by atoms with Gasteiger partial charge in [-0.15, -0.1) is 0 Å². The number of alkyl carbamates (subject to hydrolysis) is 1. The van der Waals surface area contributed by atoms with Crippen LogP contribution in [0.5, 0.6) is 0 Å². The number of hydrogen-bond donors (Lipinski definition) is 2. The molecule has 3 amide bonds. The number of carbonyl (C=O) groups excluding carboxylic acids is 3. The van der Waals surface area contributed by atoms with Crippen LogP contribution in [-0.2, 0) is 27.4 Å². The fourth-order valence-electron chi connectivity index (χ4n) is 4.00. The van der Waals surface area contributed by atoms with Crippen molar-refractivity contribution >= 4 is 29.7 Å². The second kappa shape index (κ2) is 11.0. The van der Waals surface area contributed by atoms with E-state index < -0.39 is 23.6 Å². The van der Waals surface area contributed by atoms with Crippen molar-refractivity contribution in [2.75, 3.05) is 18.6 Å². The second-order valence-corrected chi connectivity index (χ2v) is 8.86. The number of benzene rings is 2. The van der Waals surface area contributed by atoms with Crippen LogP contribution in [-0.4, -0.2) is 52.9 Å². The Morgan fingerprint density at radius 2 is 1.75 bits per heavy atom. The van der Waals surface area contributed by atoms with Gasteiger partial charge in [-0.05, 0) is 36.0 Å². The van der Waals surface area contributed by atoms with Gasteiger partial charge in [-0.2, -0.15) is 11.8 Å². The van der Waals surface area contributed by atoms with Crippen LogP contribution in [0.1, 0.15) is 24.0 Å². The summed E-state index contributed by atoms with van der Waals surface area (Å²) in [5.41, 5.74) is 6.19. The molecule has 0 saturated carbocycles. The average Bonchev–Trinajstić information content (AvgIpc) is 3.09. The molecule has 1 aliphatic heterocycles. The monoisotopic (exact) mass is 455 g/mol. The Balaban J connectivity index is 1.79. The number of nitrogens with two attached hydrogens (primary N) is 1. The van der Waals surface area contributed by atoms with Crippen LogP contribution >= 0.6 is 11.8 Å². The minimum Gasteiger partial charge on any atom is -0.445 e. The summed E-state index contributed by atoms with van der Waals surface area (Å²) in [6.45, 7) is 0.441. The number of likely N-dealkylation sites (tertiary alicyclic amines) is 1. The maximum Gasteiger partial charge on any atom is 0.408 e. The Kier molecular flexibility index (Phi) is 8.16. The molecule has 0 radical (unpaired) electrons. The summed E-state index contributed by atoms with van der Waals surface area (Å²) in [5, 5.41) is 2.83. The van der Waals surface area contributed by atoms with Gasteiger partial charge in [0.1, 0.15) is 18.2 Å². The Bertz CT molecular complexity index is 925. The van der Waals surface area contributed by atoms with Crippen molar-refractivity contribution < 1.29 is 19.1 Å². The van der Waals surface area contributed by atoms with Crippen LogP contribution in [0.25, 0.3) is 0 Å². The second-order valence-electron chi connectivity index (χ2n) is 7.88. The summed E-state index contributed by atoms with van der Waals surface area (Å²) in [4.78, 5) is 39.9. The number of carbonyl (C=O) groups is 3. The van der Waals surface area contributed by atoms with E-state index in [1.54, 1.807) is 11.8 Å². The largest absolute Gasteiger partial charge is 0.445 e. The molecule has 2 atom stereocenters. The summed E-state index contributed by atoms with van der Waals surface area (Å²) in [6, 6.07) is 18.1. The first kappa shape index (κ1) is 23.7. The Labute approximate surface area is 192 Å². The van der Waals surface area contributed by atoms with Crippen LogP contribution in [0.3, 0.4) is 0 Å². The van der Waals surface area contributed by atoms with E-state index in [2.05, 4.69) is 5.32 Å². The lowest BCUT2D eigenvalue weighted by Crippen LogP contribution is -2.58. The van der Waals surface area contributed by atoms with Crippen molar-refractivity contribution in [1.29, 1.82) is 0 Å². The van der Waals surface area contributed by atoms with Gasteiger partial charge in [-0.1, -0.05) is 60.7 Å². The Morgan fingerprint density at radius 3 is 2.34 bits per heavy atom. The first-order valence-electron chi connectivity index (χ1n) is 10.6. The molecular formula is C24H29N3O4S. The van der Waals surface area contributed by atoms with Crippen molar-refractivity contribution in [3.63, 3.8) is 0 Å². The van der Waals surface area contributed by atoms with Crippen molar-refractivity contribution in [2.24, 2.45) is 5.73 Å². The van der Waals surface area contributed by atoms with E-state index in [1.165, 1.54) is 4.90 Å². The number of thioether (sulfide) groups is 1. The van der Waals surface area contributed by atoms with E-state index in [9.17, 15) is 14.4 Å². The molecule has 3 rings (SSSR count). The van der Waals surface area contributed by atoms with Gasteiger partial charge in [-0.3, -0.25) is 9.59 Å². The summed E-state index contributed by atoms with van der Waals surface area (Å²) >= 11 is 1.59. The fourth-order valence-corrected chi connectivity index (χ4v) is 4.46. The van der Waals surface area contributed by atoms with Crippen molar-refractivity contribution in [3.05, 3.63) is 71.8 Å². The first-order chi connectivity index (χ1) is 15.4. The molecule has 1 aliphatic rings. The number of ether oxygens (including phenoxy) is 1. The van der Waals surface area contributed by atoms with Crippen LogP contribution in [0, 0.1) is 0 Å². The van der Waals surface area contributed by atoms with Gasteiger partial charge in [-0.25, -0.2) is 4.79 Å². The van der Waals surface area contributed by atoms with E-state index in [0.717, 1.165) is 11.1 Å². The number of amides is 3.